The number of alkyl halides is 1. The molecular formula is C14H22BrNO2S. The Labute approximate surface area is 125 Å². The first kappa shape index (κ1) is 16.7. The van der Waals surface area contributed by atoms with E-state index in [0.717, 1.165) is 5.56 Å². The van der Waals surface area contributed by atoms with Crippen LogP contribution in [0.4, 0.5) is 0 Å². The standard InChI is InChI=1S/C14H22BrNO2S/c1-11(2)14(15)9-16-19(17,18)10-12(3)13-7-5-4-6-8-13/h4-8,11-12,14,16H,9-10H2,1-3H3. The van der Waals surface area contributed by atoms with E-state index >= 15 is 0 Å². The van der Waals surface area contributed by atoms with Gasteiger partial charge in [-0.2, -0.15) is 0 Å². The fourth-order valence-electron chi connectivity index (χ4n) is 1.71. The Morgan fingerprint density at radius 3 is 2.26 bits per heavy atom. The van der Waals surface area contributed by atoms with E-state index in [1.165, 1.54) is 0 Å². The Hall–Kier alpha value is -0.390. The summed E-state index contributed by atoms with van der Waals surface area (Å²) in [5, 5.41) is 0. The van der Waals surface area contributed by atoms with Gasteiger partial charge in [-0.15, -0.1) is 0 Å². The minimum Gasteiger partial charge on any atom is -0.214 e. The number of rotatable bonds is 7. The molecule has 0 heterocycles. The maximum Gasteiger partial charge on any atom is 0.212 e. The molecule has 1 rings (SSSR count). The molecule has 0 aliphatic heterocycles. The number of benzene rings is 1. The predicted molar refractivity (Wildman–Crippen MR) is 84.2 cm³/mol. The molecule has 2 unspecified atom stereocenters. The summed E-state index contributed by atoms with van der Waals surface area (Å²) in [6.45, 7) is 6.48. The lowest BCUT2D eigenvalue weighted by atomic mass is 10.0. The summed E-state index contributed by atoms with van der Waals surface area (Å²) in [4.78, 5) is 0.161. The lowest BCUT2D eigenvalue weighted by Gasteiger charge is -2.17. The van der Waals surface area contributed by atoms with E-state index in [-0.39, 0.29) is 16.5 Å². The highest BCUT2D eigenvalue weighted by Gasteiger charge is 2.19. The van der Waals surface area contributed by atoms with Gasteiger partial charge in [-0.3, -0.25) is 0 Å². The number of nitrogens with one attached hydrogen (secondary N) is 1. The zero-order valence-electron chi connectivity index (χ0n) is 11.6. The lowest BCUT2D eigenvalue weighted by Crippen LogP contribution is -2.34. The van der Waals surface area contributed by atoms with Crippen LogP contribution in [0.15, 0.2) is 30.3 Å². The molecule has 0 aromatic heterocycles. The predicted octanol–water partition coefficient (Wildman–Crippen LogP) is 3.13. The van der Waals surface area contributed by atoms with Gasteiger partial charge >= 0.3 is 0 Å². The molecule has 0 saturated heterocycles. The zero-order chi connectivity index (χ0) is 14.5. The van der Waals surface area contributed by atoms with Crippen LogP contribution in [0.3, 0.4) is 0 Å². The minimum absolute atomic E-state index is 0.00785. The first-order valence-corrected chi connectivity index (χ1v) is 9.05. The third-order valence-electron chi connectivity index (χ3n) is 3.06. The summed E-state index contributed by atoms with van der Waals surface area (Å²) in [5.41, 5.74) is 1.05. The third kappa shape index (κ3) is 6.06. The molecular weight excluding hydrogens is 326 g/mol. The number of halogens is 1. The molecule has 19 heavy (non-hydrogen) atoms. The van der Waals surface area contributed by atoms with Crippen molar-refractivity contribution in [3.05, 3.63) is 35.9 Å². The van der Waals surface area contributed by atoms with Crippen LogP contribution in [0.2, 0.25) is 0 Å². The normalized spacial score (nSPS) is 15.4. The molecule has 3 nitrogen and oxygen atoms in total. The molecule has 0 amide bonds. The summed E-state index contributed by atoms with van der Waals surface area (Å²) in [7, 11) is -3.24. The van der Waals surface area contributed by atoms with Gasteiger partial charge in [-0.05, 0) is 17.4 Å². The molecule has 0 bridgehead atoms. The van der Waals surface area contributed by atoms with Crippen LogP contribution in [0.5, 0.6) is 0 Å². The topological polar surface area (TPSA) is 46.2 Å². The van der Waals surface area contributed by atoms with Gasteiger partial charge in [0.05, 0.1) is 5.75 Å². The van der Waals surface area contributed by atoms with Gasteiger partial charge in [-0.1, -0.05) is 67.0 Å². The van der Waals surface area contributed by atoms with E-state index < -0.39 is 10.0 Å². The van der Waals surface area contributed by atoms with Crippen molar-refractivity contribution in [1.29, 1.82) is 0 Å². The number of hydrogen-bond acceptors (Lipinski definition) is 2. The van der Waals surface area contributed by atoms with E-state index in [1.807, 2.05) is 37.3 Å². The molecule has 5 heteroatoms. The summed E-state index contributed by atoms with van der Waals surface area (Å²) >= 11 is 3.48. The summed E-state index contributed by atoms with van der Waals surface area (Å²) in [5.74, 6) is 0.509. The van der Waals surface area contributed by atoms with Crippen molar-refractivity contribution < 1.29 is 8.42 Å². The van der Waals surface area contributed by atoms with Gasteiger partial charge < -0.3 is 0 Å². The van der Waals surface area contributed by atoms with Crippen molar-refractivity contribution >= 4 is 26.0 Å². The highest BCUT2D eigenvalue weighted by molar-refractivity contribution is 9.09. The van der Waals surface area contributed by atoms with E-state index in [9.17, 15) is 8.42 Å². The van der Waals surface area contributed by atoms with Gasteiger partial charge in [0, 0.05) is 11.4 Å². The molecule has 1 aromatic carbocycles. The van der Waals surface area contributed by atoms with Crippen molar-refractivity contribution in [2.45, 2.75) is 31.5 Å². The molecule has 1 aromatic rings. The van der Waals surface area contributed by atoms with E-state index in [0.29, 0.717) is 12.5 Å². The molecule has 0 radical (unpaired) electrons. The Morgan fingerprint density at radius 1 is 1.16 bits per heavy atom. The summed E-state index contributed by atoms with van der Waals surface area (Å²) in [6.07, 6.45) is 0. The van der Waals surface area contributed by atoms with Crippen LogP contribution in [0, 0.1) is 5.92 Å². The van der Waals surface area contributed by atoms with Crippen molar-refractivity contribution in [1.82, 2.24) is 4.72 Å². The molecule has 0 aliphatic rings. The second kappa shape index (κ2) is 7.41. The monoisotopic (exact) mass is 347 g/mol. The Bertz CT molecular complexity index is 473. The summed E-state index contributed by atoms with van der Waals surface area (Å²) < 4.78 is 26.7. The van der Waals surface area contributed by atoms with E-state index in [2.05, 4.69) is 34.5 Å². The van der Waals surface area contributed by atoms with E-state index in [4.69, 9.17) is 0 Å². The van der Waals surface area contributed by atoms with Crippen molar-refractivity contribution in [3.63, 3.8) is 0 Å². The van der Waals surface area contributed by atoms with Crippen LogP contribution < -0.4 is 4.72 Å². The average Bonchev–Trinajstić information content (AvgIpc) is 2.36. The van der Waals surface area contributed by atoms with Crippen molar-refractivity contribution in [2.75, 3.05) is 12.3 Å². The first-order valence-electron chi connectivity index (χ1n) is 6.48. The average molecular weight is 348 g/mol. The first-order chi connectivity index (χ1) is 8.82. The fourth-order valence-corrected chi connectivity index (χ4v) is 3.49. The molecule has 108 valence electrons. The maximum absolute atomic E-state index is 12.0. The Balaban J connectivity index is 2.55. The van der Waals surface area contributed by atoms with Crippen molar-refractivity contribution in [3.8, 4) is 0 Å². The maximum atomic E-state index is 12.0. The van der Waals surface area contributed by atoms with Gasteiger partial charge in [0.15, 0.2) is 0 Å². The largest absolute Gasteiger partial charge is 0.214 e. The smallest absolute Gasteiger partial charge is 0.212 e. The number of hydrogen-bond donors (Lipinski definition) is 1. The van der Waals surface area contributed by atoms with Gasteiger partial charge in [0.2, 0.25) is 10.0 Å². The molecule has 1 N–H and O–H groups in total. The molecule has 0 spiro atoms. The highest BCUT2D eigenvalue weighted by Crippen LogP contribution is 2.17. The second-order valence-corrected chi connectivity index (χ2v) is 8.23. The molecule has 0 saturated carbocycles. The van der Waals surface area contributed by atoms with Crippen molar-refractivity contribution in [2.24, 2.45) is 5.92 Å². The Kier molecular flexibility index (Phi) is 6.50. The van der Waals surface area contributed by atoms with E-state index in [1.54, 1.807) is 0 Å². The van der Waals surface area contributed by atoms with Crippen LogP contribution in [-0.4, -0.2) is 25.5 Å². The lowest BCUT2D eigenvalue weighted by molar-refractivity contribution is 0.559. The van der Waals surface area contributed by atoms with Crippen LogP contribution in [0.25, 0.3) is 0 Å². The summed E-state index contributed by atoms with van der Waals surface area (Å²) in [6, 6.07) is 9.71. The minimum atomic E-state index is -3.24. The third-order valence-corrected chi connectivity index (χ3v) is 5.99. The second-order valence-electron chi connectivity index (χ2n) is 5.20. The fraction of sp³-hybridized carbons (Fsp3) is 0.571. The quantitative estimate of drug-likeness (QED) is 0.770. The molecule has 0 fully saturated rings. The Morgan fingerprint density at radius 2 is 1.74 bits per heavy atom. The van der Waals surface area contributed by atoms with Gasteiger partial charge in [0.25, 0.3) is 0 Å². The highest BCUT2D eigenvalue weighted by atomic mass is 79.9. The number of sulfonamides is 1. The van der Waals surface area contributed by atoms with Crippen LogP contribution in [-0.2, 0) is 10.0 Å². The van der Waals surface area contributed by atoms with Crippen LogP contribution in [0.1, 0.15) is 32.3 Å². The van der Waals surface area contributed by atoms with Crippen LogP contribution >= 0.6 is 15.9 Å². The zero-order valence-corrected chi connectivity index (χ0v) is 14.0. The molecule has 0 aliphatic carbocycles. The van der Waals surface area contributed by atoms with Gasteiger partial charge in [-0.25, -0.2) is 13.1 Å². The SMILES string of the molecule is CC(CS(=O)(=O)NCC(Br)C(C)C)c1ccccc1. The molecule has 2 atom stereocenters. The van der Waals surface area contributed by atoms with Gasteiger partial charge in [0.1, 0.15) is 0 Å².